The summed E-state index contributed by atoms with van der Waals surface area (Å²) in [5.74, 6) is 0. The molecule has 0 aliphatic carbocycles. The van der Waals surface area contributed by atoms with Gasteiger partial charge in [-0.2, -0.15) is 11.8 Å². The van der Waals surface area contributed by atoms with E-state index in [1.807, 2.05) is 11.8 Å². The molecule has 1 rings (SSSR count). The first-order chi connectivity index (χ1) is 7.93. The summed E-state index contributed by atoms with van der Waals surface area (Å²) < 4.78 is 0.333. The quantitative estimate of drug-likeness (QED) is 0.798. The number of aromatic nitrogens is 2. The molecule has 0 saturated carbocycles. The lowest BCUT2D eigenvalue weighted by atomic mass is 10.0. The molecule has 6 heteroatoms. The molecule has 1 aromatic heterocycles. The molecule has 0 amide bonds. The molecule has 3 N–H and O–H groups in total. The molecule has 0 unspecified atom stereocenters. The molecule has 4 nitrogen and oxygen atoms in total. The fourth-order valence-corrected chi connectivity index (χ4v) is 2.71. The van der Waals surface area contributed by atoms with Crippen molar-refractivity contribution < 1.29 is 0 Å². The van der Waals surface area contributed by atoms with Crippen LogP contribution < -0.4 is 11.1 Å². The first-order valence-electron chi connectivity index (χ1n) is 5.79. The van der Waals surface area contributed by atoms with Crippen LogP contribution in [0.4, 0.5) is 5.13 Å². The number of hydrogen-bond donors (Lipinski definition) is 2. The lowest BCUT2D eigenvalue weighted by molar-refractivity contribution is 0.469. The predicted molar refractivity (Wildman–Crippen MR) is 77.7 cm³/mol. The molecule has 0 aliphatic heterocycles. The van der Waals surface area contributed by atoms with Gasteiger partial charge in [0.1, 0.15) is 5.01 Å². The van der Waals surface area contributed by atoms with Crippen LogP contribution in [0, 0.1) is 0 Å². The van der Waals surface area contributed by atoms with Crippen LogP contribution in [0.25, 0.3) is 0 Å². The third-order valence-electron chi connectivity index (χ3n) is 2.66. The summed E-state index contributed by atoms with van der Waals surface area (Å²) in [7, 11) is 0. The number of nitrogen functional groups attached to an aromatic ring is 1. The van der Waals surface area contributed by atoms with Gasteiger partial charge in [0.2, 0.25) is 5.13 Å². The van der Waals surface area contributed by atoms with Gasteiger partial charge in [0.25, 0.3) is 0 Å². The maximum atomic E-state index is 5.53. The van der Waals surface area contributed by atoms with E-state index in [0.29, 0.717) is 15.9 Å². The van der Waals surface area contributed by atoms with Crippen molar-refractivity contribution in [2.45, 2.75) is 44.4 Å². The highest BCUT2D eigenvalue weighted by Crippen LogP contribution is 2.26. The molecule has 1 aromatic rings. The minimum absolute atomic E-state index is 0.333. The lowest BCUT2D eigenvalue weighted by Crippen LogP contribution is -2.34. The Morgan fingerprint density at radius 1 is 1.47 bits per heavy atom. The highest BCUT2D eigenvalue weighted by Gasteiger charge is 2.19. The molecule has 1 heterocycles. The van der Waals surface area contributed by atoms with Crippen molar-refractivity contribution in [1.29, 1.82) is 0 Å². The smallest absolute Gasteiger partial charge is 0.203 e. The number of nitrogens with one attached hydrogen (secondary N) is 1. The van der Waals surface area contributed by atoms with Crippen molar-refractivity contribution in [3.05, 3.63) is 5.01 Å². The van der Waals surface area contributed by atoms with Crippen LogP contribution >= 0.6 is 23.1 Å². The second kappa shape index (κ2) is 6.56. The Morgan fingerprint density at radius 2 is 2.18 bits per heavy atom. The second-order valence-electron chi connectivity index (χ2n) is 4.81. The molecule has 17 heavy (non-hydrogen) atoms. The summed E-state index contributed by atoms with van der Waals surface area (Å²) in [6.07, 6.45) is 4.22. The molecule has 0 bridgehead atoms. The van der Waals surface area contributed by atoms with Gasteiger partial charge in [-0.3, -0.25) is 0 Å². The monoisotopic (exact) mass is 274 g/mol. The Morgan fingerprint density at radius 3 is 2.71 bits per heavy atom. The number of thioether (sulfide) groups is 1. The zero-order valence-electron chi connectivity index (χ0n) is 11.0. The SMILES string of the molecule is CSC(C)(C)C[C@H](C)NCCc1nnc(N)s1. The highest BCUT2D eigenvalue weighted by molar-refractivity contribution is 7.99. The number of rotatable bonds is 7. The van der Waals surface area contributed by atoms with E-state index < -0.39 is 0 Å². The summed E-state index contributed by atoms with van der Waals surface area (Å²) in [4.78, 5) is 0. The van der Waals surface area contributed by atoms with E-state index >= 15 is 0 Å². The topological polar surface area (TPSA) is 63.8 Å². The van der Waals surface area contributed by atoms with Crippen LogP contribution in [-0.4, -0.2) is 33.8 Å². The van der Waals surface area contributed by atoms with E-state index in [0.717, 1.165) is 24.4 Å². The van der Waals surface area contributed by atoms with E-state index in [4.69, 9.17) is 5.73 Å². The predicted octanol–water partition coefficient (Wildman–Crippen LogP) is 2.17. The Hall–Kier alpha value is -0.330. The summed E-state index contributed by atoms with van der Waals surface area (Å²) >= 11 is 3.38. The first kappa shape index (κ1) is 14.7. The zero-order valence-corrected chi connectivity index (χ0v) is 12.6. The van der Waals surface area contributed by atoms with Crippen LogP contribution in [0.1, 0.15) is 32.2 Å². The van der Waals surface area contributed by atoms with Crippen molar-refractivity contribution in [2.24, 2.45) is 0 Å². The fraction of sp³-hybridized carbons (Fsp3) is 0.818. The average molecular weight is 274 g/mol. The number of anilines is 1. The van der Waals surface area contributed by atoms with Crippen LogP contribution in [0.15, 0.2) is 0 Å². The third-order valence-corrected chi connectivity index (χ3v) is 4.75. The van der Waals surface area contributed by atoms with Crippen LogP contribution in [0.2, 0.25) is 0 Å². The number of hydrogen-bond acceptors (Lipinski definition) is 6. The minimum atomic E-state index is 0.333. The Kier molecular flexibility index (Phi) is 5.69. The molecule has 0 saturated heterocycles. The summed E-state index contributed by atoms with van der Waals surface area (Å²) in [5.41, 5.74) is 5.53. The largest absolute Gasteiger partial charge is 0.374 e. The summed E-state index contributed by atoms with van der Waals surface area (Å²) in [5, 5.41) is 12.9. The Labute approximate surface area is 112 Å². The van der Waals surface area contributed by atoms with Crippen molar-refractivity contribution in [2.75, 3.05) is 18.5 Å². The number of nitrogens with zero attached hydrogens (tertiary/aromatic N) is 2. The van der Waals surface area contributed by atoms with E-state index in [1.165, 1.54) is 11.3 Å². The lowest BCUT2D eigenvalue weighted by Gasteiger charge is -2.26. The fourth-order valence-electron chi connectivity index (χ4n) is 1.69. The molecule has 0 aromatic carbocycles. The molecule has 0 fully saturated rings. The minimum Gasteiger partial charge on any atom is -0.374 e. The average Bonchev–Trinajstić information content (AvgIpc) is 2.63. The van der Waals surface area contributed by atoms with Gasteiger partial charge < -0.3 is 11.1 Å². The van der Waals surface area contributed by atoms with Gasteiger partial charge in [-0.15, -0.1) is 10.2 Å². The van der Waals surface area contributed by atoms with Crippen molar-refractivity contribution in [3.8, 4) is 0 Å². The van der Waals surface area contributed by atoms with Crippen LogP contribution in [0.3, 0.4) is 0 Å². The third kappa shape index (κ3) is 5.70. The van der Waals surface area contributed by atoms with E-state index in [2.05, 4.69) is 42.5 Å². The first-order valence-corrected chi connectivity index (χ1v) is 7.83. The van der Waals surface area contributed by atoms with Crippen molar-refractivity contribution in [1.82, 2.24) is 15.5 Å². The van der Waals surface area contributed by atoms with Gasteiger partial charge in [-0.1, -0.05) is 25.2 Å². The molecular formula is C11H22N4S2. The molecule has 98 valence electrons. The maximum absolute atomic E-state index is 5.53. The standard InChI is InChI=1S/C11H22N4S2/c1-8(7-11(2,3)16-4)13-6-5-9-14-15-10(12)17-9/h8,13H,5-7H2,1-4H3,(H2,12,15)/t8-/m0/s1. The molecular weight excluding hydrogens is 252 g/mol. The molecule has 0 radical (unpaired) electrons. The van der Waals surface area contributed by atoms with Gasteiger partial charge in [0, 0.05) is 23.8 Å². The zero-order chi connectivity index (χ0) is 12.9. The molecule has 0 spiro atoms. The van der Waals surface area contributed by atoms with Crippen LogP contribution in [-0.2, 0) is 6.42 Å². The van der Waals surface area contributed by atoms with Gasteiger partial charge in [-0.05, 0) is 19.6 Å². The van der Waals surface area contributed by atoms with E-state index in [-0.39, 0.29) is 0 Å². The van der Waals surface area contributed by atoms with Crippen molar-refractivity contribution >= 4 is 28.2 Å². The number of nitrogens with two attached hydrogens (primary N) is 1. The van der Waals surface area contributed by atoms with Crippen molar-refractivity contribution in [3.63, 3.8) is 0 Å². The Balaban J connectivity index is 2.22. The van der Waals surface area contributed by atoms with Gasteiger partial charge in [0.15, 0.2) is 0 Å². The molecule has 0 aliphatic rings. The summed E-state index contributed by atoms with van der Waals surface area (Å²) in [6, 6.07) is 0.516. The van der Waals surface area contributed by atoms with Crippen LogP contribution in [0.5, 0.6) is 0 Å². The Bertz CT molecular complexity index is 338. The summed E-state index contributed by atoms with van der Waals surface area (Å²) in [6.45, 7) is 7.72. The normalized spacial score (nSPS) is 13.9. The van der Waals surface area contributed by atoms with E-state index in [9.17, 15) is 0 Å². The van der Waals surface area contributed by atoms with E-state index in [1.54, 1.807) is 0 Å². The molecule has 1 atom stereocenters. The van der Waals surface area contributed by atoms with Gasteiger partial charge >= 0.3 is 0 Å². The second-order valence-corrected chi connectivity index (χ2v) is 7.41. The van der Waals surface area contributed by atoms with Gasteiger partial charge in [0.05, 0.1) is 0 Å². The maximum Gasteiger partial charge on any atom is 0.203 e. The highest BCUT2D eigenvalue weighted by atomic mass is 32.2. The van der Waals surface area contributed by atoms with Gasteiger partial charge in [-0.25, -0.2) is 0 Å².